The van der Waals surface area contributed by atoms with Crippen LogP contribution in [0.5, 0.6) is 0 Å². The van der Waals surface area contributed by atoms with Crippen LogP contribution in [0.1, 0.15) is 22.0 Å². The Labute approximate surface area is 147 Å². The van der Waals surface area contributed by atoms with E-state index >= 15 is 0 Å². The molecule has 6 heteroatoms. The third-order valence-electron chi connectivity index (χ3n) is 5.05. The van der Waals surface area contributed by atoms with Gasteiger partial charge in [-0.2, -0.15) is 0 Å². The molecule has 0 spiro atoms. The normalized spacial score (nSPS) is 23.9. The van der Waals surface area contributed by atoms with E-state index in [1.165, 1.54) is 5.56 Å². The van der Waals surface area contributed by atoms with E-state index in [2.05, 4.69) is 39.0 Å². The monoisotopic (exact) mass is 338 g/mol. The molecule has 2 saturated heterocycles. The van der Waals surface area contributed by atoms with Gasteiger partial charge in [0.1, 0.15) is 5.82 Å². The quantitative estimate of drug-likeness (QED) is 0.917. The van der Waals surface area contributed by atoms with Gasteiger partial charge in [-0.25, -0.2) is 4.98 Å². The summed E-state index contributed by atoms with van der Waals surface area (Å²) >= 11 is 0. The second kappa shape index (κ2) is 6.82. The van der Waals surface area contributed by atoms with Crippen molar-refractivity contribution >= 4 is 11.7 Å². The van der Waals surface area contributed by atoms with Gasteiger partial charge in [0.25, 0.3) is 5.91 Å². The highest BCUT2D eigenvalue weighted by Gasteiger charge is 2.37. The molecule has 0 saturated carbocycles. The van der Waals surface area contributed by atoms with Crippen molar-refractivity contribution in [2.75, 3.05) is 37.7 Å². The molecule has 3 heterocycles. The lowest BCUT2D eigenvalue weighted by Crippen LogP contribution is -2.59. The average molecular weight is 338 g/mol. The summed E-state index contributed by atoms with van der Waals surface area (Å²) < 4.78 is 5.89. The molecule has 2 aromatic rings. The molecule has 2 atom stereocenters. The van der Waals surface area contributed by atoms with E-state index in [9.17, 15) is 4.79 Å². The Bertz CT molecular complexity index is 752. The number of fused-ring (bicyclic) bond motifs is 1. The number of nitrogens with zero attached hydrogens (tertiary/aromatic N) is 3. The first-order chi connectivity index (χ1) is 12.2. The molecular formula is C19H22N4O2. The summed E-state index contributed by atoms with van der Waals surface area (Å²) in [4.78, 5) is 20.8. The standard InChI is InChI=1S/C19H22N4O2/c20-18(24)16-7-4-8-21-19(16)22-9-10-23-15(11-22)12-25-13-17(23)14-5-2-1-3-6-14/h1-8,15,17H,9-13H2,(H2,20,24)/t15-,17-/m1/s1. The molecule has 4 rings (SSSR count). The minimum Gasteiger partial charge on any atom is -0.378 e. The highest BCUT2D eigenvalue weighted by atomic mass is 16.5. The summed E-state index contributed by atoms with van der Waals surface area (Å²) in [6.07, 6.45) is 1.71. The summed E-state index contributed by atoms with van der Waals surface area (Å²) in [7, 11) is 0. The number of ether oxygens (including phenoxy) is 1. The van der Waals surface area contributed by atoms with Crippen LogP contribution in [-0.4, -0.2) is 54.7 Å². The molecule has 6 nitrogen and oxygen atoms in total. The topological polar surface area (TPSA) is 71.7 Å². The van der Waals surface area contributed by atoms with Gasteiger partial charge < -0.3 is 15.4 Å². The lowest BCUT2D eigenvalue weighted by molar-refractivity contribution is -0.0548. The molecule has 0 aliphatic carbocycles. The molecule has 2 aliphatic rings. The molecule has 0 unspecified atom stereocenters. The lowest BCUT2D eigenvalue weighted by Gasteiger charge is -2.48. The fourth-order valence-electron chi connectivity index (χ4n) is 3.84. The Hall–Kier alpha value is -2.44. The predicted molar refractivity (Wildman–Crippen MR) is 95.5 cm³/mol. The Morgan fingerprint density at radius 1 is 1.12 bits per heavy atom. The van der Waals surface area contributed by atoms with Crippen molar-refractivity contribution in [3.05, 3.63) is 59.8 Å². The number of benzene rings is 1. The first kappa shape index (κ1) is 16.1. The van der Waals surface area contributed by atoms with Gasteiger partial charge in [0.05, 0.1) is 30.9 Å². The summed E-state index contributed by atoms with van der Waals surface area (Å²) in [6, 6.07) is 14.5. The van der Waals surface area contributed by atoms with Crippen molar-refractivity contribution in [3.8, 4) is 0 Å². The molecule has 2 aliphatic heterocycles. The Balaban J connectivity index is 1.55. The van der Waals surface area contributed by atoms with Gasteiger partial charge >= 0.3 is 0 Å². The lowest BCUT2D eigenvalue weighted by atomic mass is 10.00. The van der Waals surface area contributed by atoms with E-state index in [0.717, 1.165) is 26.2 Å². The third kappa shape index (κ3) is 3.10. The fourth-order valence-corrected chi connectivity index (χ4v) is 3.84. The van der Waals surface area contributed by atoms with Crippen LogP contribution in [0.15, 0.2) is 48.7 Å². The number of aromatic nitrogens is 1. The number of anilines is 1. The molecule has 0 radical (unpaired) electrons. The SMILES string of the molecule is NC(=O)c1cccnc1N1CCN2[C@@H](COC[C@@H]2c2ccccc2)C1. The number of piperazine rings is 1. The van der Waals surface area contributed by atoms with Gasteiger partial charge in [-0.1, -0.05) is 30.3 Å². The molecular weight excluding hydrogens is 316 g/mol. The zero-order valence-electron chi connectivity index (χ0n) is 14.0. The second-order valence-corrected chi connectivity index (χ2v) is 6.54. The van der Waals surface area contributed by atoms with Crippen molar-refractivity contribution in [2.45, 2.75) is 12.1 Å². The minimum absolute atomic E-state index is 0.274. The number of amides is 1. The third-order valence-corrected chi connectivity index (χ3v) is 5.05. The van der Waals surface area contributed by atoms with Crippen LogP contribution in [0, 0.1) is 0 Å². The van der Waals surface area contributed by atoms with Crippen LogP contribution in [-0.2, 0) is 4.74 Å². The van der Waals surface area contributed by atoms with Crippen LogP contribution in [0.3, 0.4) is 0 Å². The van der Waals surface area contributed by atoms with E-state index in [-0.39, 0.29) is 12.1 Å². The number of hydrogen-bond acceptors (Lipinski definition) is 5. The first-order valence-corrected chi connectivity index (χ1v) is 8.62. The Morgan fingerprint density at radius 2 is 1.96 bits per heavy atom. The van der Waals surface area contributed by atoms with Gasteiger partial charge in [0, 0.05) is 25.8 Å². The van der Waals surface area contributed by atoms with Crippen molar-refractivity contribution in [1.82, 2.24) is 9.88 Å². The van der Waals surface area contributed by atoms with Crippen molar-refractivity contribution in [3.63, 3.8) is 0 Å². The number of rotatable bonds is 3. The van der Waals surface area contributed by atoms with Crippen molar-refractivity contribution in [1.29, 1.82) is 0 Å². The number of nitrogens with two attached hydrogens (primary N) is 1. The van der Waals surface area contributed by atoms with E-state index in [0.29, 0.717) is 18.0 Å². The summed E-state index contributed by atoms with van der Waals surface area (Å²) in [5, 5.41) is 0. The number of morpholine rings is 1. The molecule has 1 aromatic carbocycles. The maximum atomic E-state index is 11.7. The number of carbonyl (C=O) groups is 1. The van der Waals surface area contributed by atoms with Gasteiger partial charge in [-0.05, 0) is 17.7 Å². The zero-order chi connectivity index (χ0) is 17.2. The Morgan fingerprint density at radius 3 is 2.76 bits per heavy atom. The smallest absolute Gasteiger partial charge is 0.252 e. The van der Waals surface area contributed by atoms with Gasteiger partial charge in [0.15, 0.2) is 0 Å². The number of carbonyl (C=O) groups excluding carboxylic acids is 1. The van der Waals surface area contributed by atoms with E-state index in [1.807, 2.05) is 6.07 Å². The highest BCUT2D eigenvalue weighted by molar-refractivity contribution is 5.97. The molecule has 2 N–H and O–H groups in total. The van der Waals surface area contributed by atoms with Crippen LogP contribution in [0.25, 0.3) is 0 Å². The molecule has 1 amide bonds. The largest absolute Gasteiger partial charge is 0.378 e. The van der Waals surface area contributed by atoms with Crippen LogP contribution < -0.4 is 10.6 Å². The Kier molecular flexibility index (Phi) is 4.38. The second-order valence-electron chi connectivity index (χ2n) is 6.54. The van der Waals surface area contributed by atoms with Crippen LogP contribution >= 0.6 is 0 Å². The van der Waals surface area contributed by atoms with E-state index in [4.69, 9.17) is 10.5 Å². The number of primary amides is 1. The molecule has 130 valence electrons. The predicted octanol–water partition coefficient (Wildman–Crippen LogP) is 1.44. The fraction of sp³-hybridized carbons (Fsp3) is 0.368. The molecule has 2 fully saturated rings. The van der Waals surface area contributed by atoms with Crippen molar-refractivity contribution in [2.24, 2.45) is 5.73 Å². The number of hydrogen-bond donors (Lipinski definition) is 1. The molecule has 1 aromatic heterocycles. The first-order valence-electron chi connectivity index (χ1n) is 8.62. The van der Waals surface area contributed by atoms with E-state index in [1.54, 1.807) is 18.3 Å². The maximum absolute atomic E-state index is 11.7. The van der Waals surface area contributed by atoms with Gasteiger partial charge in [-0.3, -0.25) is 9.69 Å². The zero-order valence-corrected chi connectivity index (χ0v) is 14.0. The highest BCUT2D eigenvalue weighted by Crippen LogP contribution is 2.31. The minimum atomic E-state index is -0.437. The molecule has 0 bridgehead atoms. The van der Waals surface area contributed by atoms with Crippen LogP contribution in [0.4, 0.5) is 5.82 Å². The number of pyridine rings is 1. The summed E-state index contributed by atoms with van der Waals surface area (Å²) in [5.41, 5.74) is 7.28. The maximum Gasteiger partial charge on any atom is 0.252 e. The van der Waals surface area contributed by atoms with Gasteiger partial charge in [-0.15, -0.1) is 0 Å². The summed E-state index contributed by atoms with van der Waals surface area (Å²) in [5.74, 6) is 0.240. The average Bonchev–Trinajstić information content (AvgIpc) is 2.67. The van der Waals surface area contributed by atoms with E-state index < -0.39 is 5.91 Å². The van der Waals surface area contributed by atoms with Crippen LogP contribution in [0.2, 0.25) is 0 Å². The van der Waals surface area contributed by atoms with Crippen molar-refractivity contribution < 1.29 is 9.53 Å². The molecule has 25 heavy (non-hydrogen) atoms. The summed E-state index contributed by atoms with van der Waals surface area (Å²) in [6.45, 7) is 3.91. The van der Waals surface area contributed by atoms with Gasteiger partial charge in [0.2, 0.25) is 0 Å².